The van der Waals surface area contributed by atoms with E-state index < -0.39 is 11.9 Å². The number of pyridine rings is 1. The number of hydrogen-bond acceptors (Lipinski definition) is 3. The van der Waals surface area contributed by atoms with E-state index >= 15 is 0 Å². The Morgan fingerprint density at radius 2 is 2.46 bits per heavy atom. The molecule has 0 saturated carbocycles. The van der Waals surface area contributed by atoms with Crippen LogP contribution in [0.25, 0.3) is 0 Å². The van der Waals surface area contributed by atoms with Gasteiger partial charge in [0.1, 0.15) is 5.92 Å². The molecule has 0 aliphatic carbocycles. The maximum atomic E-state index is 10.8. The Balaban J connectivity index is 2.48. The highest BCUT2D eigenvalue weighted by Crippen LogP contribution is 2.29. The van der Waals surface area contributed by atoms with Gasteiger partial charge in [-0.15, -0.1) is 0 Å². The number of carbonyl (C=O) groups is 1. The Kier molecular flexibility index (Phi) is 1.73. The van der Waals surface area contributed by atoms with Crippen LogP contribution in [0.1, 0.15) is 11.5 Å². The third-order valence-electron chi connectivity index (χ3n) is 1.85. The molecule has 0 fully saturated rings. The van der Waals surface area contributed by atoms with E-state index in [2.05, 4.69) is 4.98 Å². The summed E-state index contributed by atoms with van der Waals surface area (Å²) in [5.74, 6) is -1.16. The van der Waals surface area contributed by atoms with Gasteiger partial charge in [-0.3, -0.25) is 4.79 Å². The van der Waals surface area contributed by atoms with Crippen LogP contribution in [-0.2, 0) is 4.79 Å². The molecule has 4 heteroatoms. The summed E-state index contributed by atoms with van der Waals surface area (Å²) in [5.41, 5.74) is 0.595. The summed E-state index contributed by atoms with van der Waals surface area (Å²) in [7, 11) is 0. The van der Waals surface area contributed by atoms with Crippen LogP contribution < -0.4 is 4.74 Å². The molecule has 0 aromatic carbocycles. The maximum Gasteiger partial charge on any atom is 0.315 e. The molecule has 1 aromatic rings. The zero-order chi connectivity index (χ0) is 9.26. The predicted octanol–water partition coefficient (Wildman–Crippen LogP) is 1.16. The van der Waals surface area contributed by atoms with Gasteiger partial charge in [0.05, 0.1) is 6.26 Å². The number of fused-ring (bicyclic) bond motifs is 1. The number of aliphatic carboxylic acids is 1. The van der Waals surface area contributed by atoms with E-state index in [0.717, 1.165) is 0 Å². The number of ether oxygens (including phenoxy) is 1. The fourth-order valence-corrected chi connectivity index (χ4v) is 1.24. The Labute approximate surface area is 74.5 Å². The average Bonchev–Trinajstić information content (AvgIpc) is 2.17. The standard InChI is InChI=1S/C9H7NO3/c11-9(12)7-3-5-13-8-6(7)2-1-4-10-8/h1-5,7H,(H,11,12). The summed E-state index contributed by atoms with van der Waals surface area (Å²) in [6.07, 6.45) is 4.41. The third-order valence-corrected chi connectivity index (χ3v) is 1.85. The van der Waals surface area contributed by atoms with Crippen molar-refractivity contribution in [3.05, 3.63) is 36.2 Å². The normalized spacial score (nSPS) is 18.9. The number of carboxylic acids is 1. The summed E-state index contributed by atoms with van der Waals surface area (Å²) < 4.78 is 5.05. The lowest BCUT2D eigenvalue weighted by Crippen LogP contribution is -2.13. The first kappa shape index (κ1) is 7.79. The van der Waals surface area contributed by atoms with E-state index in [-0.39, 0.29) is 0 Å². The van der Waals surface area contributed by atoms with Crippen LogP contribution in [0.4, 0.5) is 0 Å². The van der Waals surface area contributed by atoms with Crippen LogP contribution >= 0.6 is 0 Å². The summed E-state index contributed by atoms with van der Waals surface area (Å²) in [6, 6.07) is 3.39. The predicted molar refractivity (Wildman–Crippen MR) is 44.4 cm³/mol. The second-order valence-electron chi connectivity index (χ2n) is 2.66. The molecule has 0 radical (unpaired) electrons. The minimum atomic E-state index is -0.895. The zero-order valence-corrected chi connectivity index (χ0v) is 6.68. The van der Waals surface area contributed by atoms with Gasteiger partial charge in [-0.1, -0.05) is 6.07 Å². The monoisotopic (exact) mass is 177 g/mol. The van der Waals surface area contributed by atoms with Gasteiger partial charge in [-0.25, -0.2) is 4.98 Å². The van der Waals surface area contributed by atoms with Crippen LogP contribution in [0, 0.1) is 0 Å². The van der Waals surface area contributed by atoms with Gasteiger partial charge < -0.3 is 9.84 Å². The molecule has 2 rings (SSSR count). The topological polar surface area (TPSA) is 59.4 Å². The van der Waals surface area contributed by atoms with E-state index in [9.17, 15) is 4.79 Å². The second kappa shape index (κ2) is 2.90. The third kappa shape index (κ3) is 1.26. The molecule has 0 spiro atoms. The lowest BCUT2D eigenvalue weighted by atomic mass is 10.00. The molecule has 66 valence electrons. The number of carboxylic acid groups (broad SMARTS) is 1. The molecule has 2 heterocycles. The van der Waals surface area contributed by atoms with Crippen molar-refractivity contribution >= 4 is 5.97 Å². The van der Waals surface area contributed by atoms with Gasteiger partial charge in [0.25, 0.3) is 0 Å². The summed E-state index contributed by atoms with van der Waals surface area (Å²) in [4.78, 5) is 14.7. The van der Waals surface area contributed by atoms with Gasteiger partial charge >= 0.3 is 5.97 Å². The molecule has 1 aliphatic heterocycles. The van der Waals surface area contributed by atoms with Crippen molar-refractivity contribution in [3.63, 3.8) is 0 Å². The van der Waals surface area contributed by atoms with Crippen LogP contribution in [0.3, 0.4) is 0 Å². The average molecular weight is 177 g/mol. The Morgan fingerprint density at radius 1 is 1.62 bits per heavy atom. The first-order valence-electron chi connectivity index (χ1n) is 3.80. The highest BCUT2D eigenvalue weighted by Gasteiger charge is 2.24. The molecular formula is C9H7NO3. The van der Waals surface area contributed by atoms with Crippen molar-refractivity contribution in [2.24, 2.45) is 0 Å². The molecule has 1 aromatic heterocycles. The zero-order valence-electron chi connectivity index (χ0n) is 6.68. The number of rotatable bonds is 1. The molecular weight excluding hydrogens is 170 g/mol. The van der Waals surface area contributed by atoms with E-state index in [1.54, 1.807) is 18.3 Å². The van der Waals surface area contributed by atoms with Crippen molar-refractivity contribution < 1.29 is 14.6 Å². The Morgan fingerprint density at radius 3 is 3.23 bits per heavy atom. The molecule has 0 saturated heterocycles. The van der Waals surface area contributed by atoms with Crippen LogP contribution in [0.5, 0.6) is 5.88 Å². The number of hydrogen-bond donors (Lipinski definition) is 1. The SMILES string of the molecule is O=C(O)C1C=COc2ncccc21. The van der Waals surface area contributed by atoms with Gasteiger partial charge in [0.15, 0.2) is 0 Å². The first-order valence-corrected chi connectivity index (χ1v) is 3.80. The smallest absolute Gasteiger partial charge is 0.315 e. The molecule has 0 amide bonds. The minimum absolute atomic E-state index is 0.373. The highest BCUT2D eigenvalue weighted by molar-refractivity contribution is 5.79. The van der Waals surface area contributed by atoms with Gasteiger partial charge in [-0.05, 0) is 12.1 Å². The highest BCUT2D eigenvalue weighted by atomic mass is 16.5. The lowest BCUT2D eigenvalue weighted by Gasteiger charge is -2.15. The van der Waals surface area contributed by atoms with Crippen molar-refractivity contribution in [2.75, 3.05) is 0 Å². The molecule has 1 atom stereocenters. The molecule has 1 N–H and O–H groups in total. The fraction of sp³-hybridized carbons (Fsp3) is 0.111. The van der Waals surface area contributed by atoms with Crippen LogP contribution in [0.2, 0.25) is 0 Å². The van der Waals surface area contributed by atoms with Gasteiger partial charge in [-0.2, -0.15) is 0 Å². The van der Waals surface area contributed by atoms with E-state index in [0.29, 0.717) is 11.4 Å². The first-order chi connectivity index (χ1) is 6.29. The molecule has 1 unspecified atom stereocenters. The van der Waals surface area contributed by atoms with Gasteiger partial charge in [0, 0.05) is 11.8 Å². The van der Waals surface area contributed by atoms with E-state index in [1.807, 2.05) is 0 Å². The minimum Gasteiger partial charge on any atom is -0.481 e. The van der Waals surface area contributed by atoms with Crippen molar-refractivity contribution in [3.8, 4) is 5.88 Å². The maximum absolute atomic E-state index is 10.8. The van der Waals surface area contributed by atoms with Crippen LogP contribution in [-0.4, -0.2) is 16.1 Å². The van der Waals surface area contributed by atoms with Crippen molar-refractivity contribution in [1.29, 1.82) is 0 Å². The van der Waals surface area contributed by atoms with E-state index in [1.165, 1.54) is 12.3 Å². The summed E-state index contributed by atoms with van der Waals surface area (Å²) in [5, 5.41) is 8.85. The van der Waals surface area contributed by atoms with E-state index in [4.69, 9.17) is 9.84 Å². The second-order valence-corrected chi connectivity index (χ2v) is 2.66. The fourth-order valence-electron chi connectivity index (χ4n) is 1.24. The lowest BCUT2D eigenvalue weighted by molar-refractivity contribution is -0.137. The molecule has 0 bridgehead atoms. The summed E-state index contributed by atoms with van der Waals surface area (Å²) in [6.45, 7) is 0. The van der Waals surface area contributed by atoms with Crippen LogP contribution in [0.15, 0.2) is 30.7 Å². The molecule has 4 nitrogen and oxygen atoms in total. The summed E-state index contributed by atoms with van der Waals surface area (Å²) >= 11 is 0. The van der Waals surface area contributed by atoms with Crippen molar-refractivity contribution in [1.82, 2.24) is 4.98 Å². The van der Waals surface area contributed by atoms with Gasteiger partial charge in [0.2, 0.25) is 5.88 Å². The Bertz CT molecular complexity index is 373. The van der Waals surface area contributed by atoms with Crippen molar-refractivity contribution in [2.45, 2.75) is 5.92 Å². The Hall–Kier alpha value is -1.84. The molecule has 13 heavy (non-hydrogen) atoms. The molecule has 1 aliphatic rings. The number of nitrogens with zero attached hydrogens (tertiary/aromatic N) is 1. The largest absolute Gasteiger partial charge is 0.481 e. The number of aromatic nitrogens is 1. The quantitative estimate of drug-likeness (QED) is 0.699.